The summed E-state index contributed by atoms with van der Waals surface area (Å²) in [5.41, 5.74) is 1.72. The van der Waals surface area contributed by atoms with Crippen LogP contribution in [-0.4, -0.2) is 23.6 Å². The van der Waals surface area contributed by atoms with E-state index in [0.717, 1.165) is 18.7 Å². The number of aliphatic hydroxyl groups excluding tert-OH is 1. The largest absolute Gasteiger partial charge is 0.472 e. The van der Waals surface area contributed by atoms with Crippen molar-refractivity contribution >= 4 is 0 Å². The lowest BCUT2D eigenvalue weighted by atomic mass is 10.1. The highest BCUT2D eigenvalue weighted by molar-refractivity contribution is 5.18. The normalized spacial score (nSPS) is 12.8. The first kappa shape index (κ1) is 13.8. The minimum Gasteiger partial charge on any atom is -0.472 e. The molecule has 1 aromatic carbocycles. The quantitative estimate of drug-likeness (QED) is 0.870. The van der Waals surface area contributed by atoms with Crippen molar-refractivity contribution in [2.45, 2.75) is 19.1 Å². The zero-order valence-corrected chi connectivity index (χ0v) is 10.9. The third kappa shape index (κ3) is 4.19. The molecule has 1 unspecified atom stereocenters. The van der Waals surface area contributed by atoms with Gasteiger partial charge in [0.25, 0.3) is 0 Å². The summed E-state index contributed by atoms with van der Waals surface area (Å²) in [6, 6.07) is 8.02. The van der Waals surface area contributed by atoms with E-state index in [-0.39, 0.29) is 5.82 Å². The minimum absolute atomic E-state index is 0.316. The number of hydrogen-bond donors (Lipinski definition) is 1. The average molecular weight is 263 g/mol. The van der Waals surface area contributed by atoms with Crippen molar-refractivity contribution in [3.63, 3.8) is 0 Å². The van der Waals surface area contributed by atoms with Gasteiger partial charge in [0.1, 0.15) is 5.82 Å². The van der Waals surface area contributed by atoms with Crippen LogP contribution in [0, 0.1) is 5.82 Å². The van der Waals surface area contributed by atoms with Gasteiger partial charge in [0, 0.05) is 18.7 Å². The van der Waals surface area contributed by atoms with Gasteiger partial charge in [0.2, 0.25) is 0 Å². The second kappa shape index (κ2) is 6.50. The molecule has 1 N–H and O–H groups in total. The fourth-order valence-corrected chi connectivity index (χ4v) is 2.00. The zero-order valence-electron chi connectivity index (χ0n) is 10.9. The summed E-state index contributed by atoms with van der Waals surface area (Å²) in [5, 5.41) is 10.0. The van der Waals surface area contributed by atoms with E-state index >= 15 is 0 Å². The van der Waals surface area contributed by atoms with Crippen LogP contribution in [-0.2, 0) is 6.54 Å². The summed E-state index contributed by atoms with van der Waals surface area (Å²) in [5.74, 6) is -0.316. The summed E-state index contributed by atoms with van der Waals surface area (Å²) in [6.07, 6.45) is 3.28. The van der Waals surface area contributed by atoms with Gasteiger partial charge in [-0.1, -0.05) is 12.1 Å². The molecular weight excluding hydrogens is 245 g/mol. The van der Waals surface area contributed by atoms with Gasteiger partial charge in [-0.25, -0.2) is 4.39 Å². The van der Waals surface area contributed by atoms with Crippen molar-refractivity contribution in [1.82, 2.24) is 4.90 Å². The van der Waals surface area contributed by atoms with Gasteiger partial charge in [-0.3, -0.25) is 0 Å². The van der Waals surface area contributed by atoms with Gasteiger partial charge in [-0.05, 0) is 37.2 Å². The van der Waals surface area contributed by atoms with Crippen LogP contribution in [0.15, 0.2) is 47.3 Å². The van der Waals surface area contributed by atoms with Crippen LogP contribution in [0.4, 0.5) is 4.39 Å². The molecule has 0 spiro atoms. The Morgan fingerprint density at radius 2 is 2.21 bits per heavy atom. The molecule has 1 atom stereocenters. The van der Waals surface area contributed by atoms with Crippen LogP contribution in [0.25, 0.3) is 0 Å². The molecule has 19 heavy (non-hydrogen) atoms. The molecule has 1 aromatic heterocycles. The van der Waals surface area contributed by atoms with E-state index in [4.69, 9.17) is 4.42 Å². The maximum atomic E-state index is 13.0. The van der Waals surface area contributed by atoms with Crippen LogP contribution < -0.4 is 0 Å². The van der Waals surface area contributed by atoms with Crippen LogP contribution in [0.5, 0.6) is 0 Å². The molecule has 102 valence electrons. The molecule has 0 aliphatic rings. The van der Waals surface area contributed by atoms with E-state index in [0.29, 0.717) is 12.0 Å². The van der Waals surface area contributed by atoms with Gasteiger partial charge in [-0.15, -0.1) is 0 Å². The maximum absolute atomic E-state index is 13.0. The van der Waals surface area contributed by atoms with Crippen molar-refractivity contribution in [2.75, 3.05) is 13.6 Å². The monoisotopic (exact) mass is 263 g/mol. The average Bonchev–Trinajstić information content (AvgIpc) is 2.88. The molecule has 4 heteroatoms. The molecule has 1 heterocycles. The first-order chi connectivity index (χ1) is 9.15. The second-order valence-corrected chi connectivity index (χ2v) is 4.73. The Labute approximate surface area is 112 Å². The van der Waals surface area contributed by atoms with Crippen molar-refractivity contribution in [2.24, 2.45) is 0 Å². The second-order valence-electron chi connectivity index (χ2n) is 4.73. The predicted molar refractivity (Wildman–Crippen MR) is 71.0 cm³/mol. The Kier molecular flexibility index (Phi) is 4.71. The molecule has 0 aliphatic carbocycles. The highest BCUT2D eigenvalue weighted by atomic mass is 19.1. The topological polar surface area (TPSA) is 36.6 Å². The minimum atomic E-state index is -0.637. The molecule has 0 radical (unpaired) electrons. The van der Waals surface area contributed by atoms with E-state index in [1.165, 1.54) is 12.1 Å². The molecule has 0 bridgehead atoms. The highest BCUT2D eigenvalue weighted by Crippen LogP contribution is 2.18. The first-order valence-electron chi connectivity index (χ1n) is 6.28. The Morgan fingerprint density at radius 1 is 1.37 bits per heavy atom. The van der Waals surface area contributed by atoms with E-state index in [1.54, 1.807) is 24.7 Å². The fourth-order valence-electron chi connectivity index (χ4n) is 2.00. The third-order valence-electron chi connectivity index (χ3n) is 3.05. The molecule has 0 aliphatic heterocycles. The van der Waals surface area contributed by atoms with Gasteiger partial charge < -0.3 is 14.4 Å². The standard InChI is InChI=1S/C15H18FNO2/c1-17(10-12-6-8-19-11-12)7-5-15(18)13-3-2-4-14(16)9-13/h2-4,6,8-9,11,15,18H,5,7,10H2,1H3. The first-order valence-corrected chi connectivity index (χ1v) is 6.28. The van der Waals surface area contributed by atoms with Crippen LogP contribution in [0.1, 0.15) is 23.7 Å². The third-order valence-corrected chi connectivity index (χ3v) is 3.05. The van der Waals surface area contributed by atoms with E-state index < -0.39 is 6.10 Å². The molecule has 0 fully saturated rings. The Morgan fingerprint density at radius 3 is 2.89 bits per heavy atom. The summed E-state index contributed by atoms with van der Waals surface area (Å²) in [6.45, 7) is 1.50. The number of hydrogen-bond acceptors (Lipinski definition) is 3. The van der Waals surface area contributed by atoms with Gasteiger partial charge in [0.05, 0.1) is 18.6 Å². The number of rotatable bonds is 6. The lowest BCUT2D eigenvalue weighted by Crippen LogP contribution is -2.20. The van der Waals surface area contributed by atoms with Gasteiger partial charge >= 0.3 is 0 Å². The van der Waals surface area contributed by atoms with E-state index in [1.807, 2.05) is 13.1 Å². The van der Waals surface area contributed by atoms with E-state index in [2.05, 4.69) is 4.90 Å². The number of furan rings is 1. The number of benzene rings is 1. The van der Waals surface area contributed by atoms with Crippen molar-refractivity contribution < 1.29 is 13.9 Å². The predicted octanol–water partition coefficient (Wildman–Crippen LogP) is 2.97. The zero-order chi connectivity index (χ0) is 13.7. The lowest BCUT2D eigenvalue weighted by molar-refractivity contribution is 0.147. The summed E-state index contributed by atoms with van der Waals surface area (Å²) >= 11 is 0. The van der Waals surface area contributed by atoms with Crippen LogP contribution in [0.2, 0.25) is 0 Å². The molecule has 2 rings (SSSR count). The molecule has 0 saturated carbocycles. The number of nitrogens with zero attached hydrogens (tertiary/aromatic N) is 1. The van der Waals surface area contributed by atoms with Crippen molar-refractivity contribution in [1.29, 1.82) is 0 Å². The fraction of sp³-hybridized carbons (Fsp3) is 0.333. The Bertz CT molecular complexity index is 499. The summed E-state index contributed by atoms with van der Waals surface area (Å²) < 4.78 is 18.1. The van der Waals surface area contributed by atoms with Crippen LogP contribution >= 0.6 is 0 Å². The Balaban J connectivity index is 1.81. The summed E-state index contributed by atoms with van der Waals surface area (Å²) in [4.78, 5) is 2.09. The van der Waals surface area contributed by atoms with Gasteiger partial charge in [0.15, 0.2) is 0 Å². The maximum Gasteiger partial charge on any atom is 0.123 e. The summed E-state index contributed by atoms with van der Waals surface area (Å²) in [7, 11) is 1.98. The number of aliphatic hydroxyl groups is 1. The lowest BCUT2D eigenvalue weighted by Gasteiger charge is -2.18. The molecule has 0 saturated heterocycles. The van der Waals surface area contributed by atoms with Crippen molar-refractivity contribution in [3.05, 3.63) is 59.8 Å². The van der Waals surface area contributed by atoms with E-state index in [9.17, 15) is 9.50 Å². The Hall–Kier alpha value is -1.65. The molecule has 2 aromatic rings. The SMILES string of the molecule is CN(CCC(O)c1cccc(F)c1)Cc1ccoc1. The van der Waals surface area contributed by atoms with Crippen molar-refractivity contribution in [3.8, 4) is 0 Å². The number of halogens is 1. The molecule has 3 nitrogen and oxygen atoms in total. The molecule has 0 amide bonds. The smallest absolute Gasteiger partial charge is 0.123 e. The highest BCUT2D eigenvalue weighted by Gasteiger charge is 2.10. The van der Waals surface area contributed by atoms with Crippen LogP contribution in [0.3, 0.4) is 0 Å². The van der Waals surface area contributed by atoms with Gasteiger partial charge in [-0.2, -0.15) is 0 Å². The molecular formula is C15H18FNO2.